The summed E-state index contributed by atoms with van der Waals surface area (Å²) in [7, 11) is 0. The normalized spacial score (nSPS) is 16.5. The van der Waals surface area contributed by atoms with Crippen molar-refractivity contribution in [1.29, 1.82) is 0 Å². The topological polar surface area (TPSA) is 160 Å². The Labute approximate surface area is 372 Å². The second kappa shape index (κ2) is 21.7. The monoisotopic (exact) mass is 840 g/mol. The number of carbonyl (C=O) groups excluding carboxylic acids is 2. The molecule has 10 nitrogen and oxygen atoms in total. The summed E-state index contributed by atoms with van der Waals surface area (Å²) in [6.45, 7) is 11.9. The molecule has 0 spiro atoms. The van der Waals surface area contributed by atoms with E-state index in [4.69, 9.17) is 31.4 Å². The molecule has 2 amide bonds. The predicted octanol–water partition coefficient (Wildman–Crippen LogP) is 12.1. The van der Waals surface area contributed by atoms with E-state index >= 15 is 0 Å². The first-order valence-corrected chi connectivity index (χ1v) is 21.9. The Morgan fingerprint density at radius 1 is 0.476 bits per heavy atom. The largest absolute Gasteiger partial charge is 0.399 e. The first kappa shape index (κ1) is 45.6. The number of aliphatic imine (C=N–C) groups is 4. The van der Waals surface area contributed by atoms with E-state index in [0.717, 1.165) is 130 Å². The first-order chi connectivity index (χ1) is 30.3. The van der Waals surface area contributed by atoms with Gasteiger partial charge < -0.3 is 22.1 Å². The van der Waals surface area contributed by atoms with Crippen LogP contribution in [0.2, 0.25) is 0 Å². The number of nitrogen functional groups attached to an aromatic ring is 1. The molecule has 4 aromatic carbocycles. The van der Waals surface area contributed by atoms with Gasteiger partial charge in [0.15, 0.2) is 0 Å². The summed E-state index contributed by atoms with van der Waals surface area (Å²) in [4.78, 5) is 45.7. The van der Waals surface area contributed by atoms with Crippen LogP contribution in [0.15, 0.2) is 152 Å². The molecular formula is C53H60N8O2. The predicted molar refractivity (Wildman–Crippen MR) is 264 cm³/mol. The van der Waals surface area contributed by atoms with Crippen LogP contribution in [0.3, 0.4) is 0 Å². The molecule has 0 atom stereocenters. The highest BCUT2D eigenvalue weighted by molar-refractivity contribution is 6.53. The van der Waals surface area contributed by atoms with Gasteiger partial charge in [-0.2, -0.15) is 0 Å². The van der Waals surface area contributed by atoms with E-state index in [9.17, 15) is 9.59 Å². The molecule has 2 aliphatic carbocycles. The maximum absolute atomic E-state index is 13.1. The summed E-state index contributed by atoms with van der Waals surface area (Å²) in [5.41, 5.74) is 27.1. The quantitative estimate of drug-likeness (QED) is 0.0502. The molecule has 0 saturated heterocycles. The molecule has 4 aromatic rings. The summed E-state index contributed by atoms with van der Waals surface area (Å²) in [5, 5.41) is 6.24. The highest BCUT2D eigenvalue weighted by Crippen LogP contribution is 2.30. The summed E-state index contributed by atoms with van der Waals surface area (Å²) in [6.07, 6.45) is 15.4. The van der Waals surface area contributed by atoms with E-state index in [1.54, 1.807) is 0 Å². The molecule has 0 fully saturated rings. The molecule has 0 aliphatic heterocycles. The van der Waals surface area contributed by atoms with E-state index in [0.29, 0.717) is 30.0 Å². The number of anilines is 2. The van der Waals surface area contributed by atoms with Crippen LogP contribution in [-0.4, -0.2) is 34.7 Å². The Morgan fingerprint density at radius 2 is 0.937 bits per heavy atom. The molecule has 324 valence electrons. The lowest BCUT2D eigenvalue weighted by molar-refractivity contribution is -0.120. The van der Waals surface area contributed by atoms with Crippen LogP contribution >= 0.6 is 0 Å². The van der Waals surface area contributed by atoms with Crippen molar-refractivity contribution < 1.29 is 9.59 Å². The van der Waals surface area contributed by atoms with Crippen LogP contribution in [0.5, 0.6) is 0 Å². The number of hydrogen-bond donors (Lipinski definition) is 4. The number of hydrogen-bond acceptors (Lipinski definition) is 8. The number of unbranched alkanes of at least 4 members (excludes halogenated alkanes) is 6. The number of nitrogens with one attached hydrogen (secondary N) is 2. The fourth-order valence-corrected chi connectivity index (χ4v) is 7.29. The summed E-state index contributed by atoms with van der Waals surface area (Å²) in [5.74, 6) is -0.00170. The fraction of sp³-hybridized carbons (Fsp3) is 0.283. The Bertz CT molecular complexity index is 2590. The second-order valence-electron chi connectivity index (χ2n) is 16.5. The van der Waals surface area contributed by atoms with Crippen LogP contribution in [0.25, 0.3) is 0 Å². The number of carbonyl (C=O) groups is 2. The first-order valence-electron chi connectivity index (χ1n) is 21.9. The lowest BCUT2D eigenvalue weighted by Crippen LogP contribution is -2.27. The van der Waals surface area contributed by atoms with E-state index in [1.807, 2.05) is 151 Å². The van der Waals surface area contributed by atoms with Gasteiger partial charge in [0, 0.05) is 35.6 Å². The maximum Gasteiger partial charge on any atom is 0.224 e. The smallest absolute Gasteiger partial charge is 0.224 e. The van der Waals surface area contributed by atoms with Gasteiger partial charge in [0.2, 0.25) is 11.8 Å². The van der Waals surface area contributed by atoms with Crippen LogP contribution in [0.1, 0.15) is 93.9 Å². The van der Waals surface area contributed by atoms with E-state index in [2.05, 4.69) is 10.6 Å². The van der Waals surface area contributed by atoms with Gasteiger partial charge in [-0.05, 0) is 161 Å². The summed E-state index contributed by atoms with van der Waals surface area (Å²) < 4.78 is 0. The minimum Gasteiger partial charge on any atom is -0.399 e. The molecule has 0 saturated carbocycles. The lowest BCUT2D eigenvalue weighted by atomic mass is 10.00. The Balaban J connectivity index is 0.926. The zero-order valence-electron chi connectivity index (χ0n) is 37.5. The van der Waals surface area contributed by atoms with Gasteiger partial charge in [-0.15, -0.1) is 0 Å². The minimum absolute atomic E-state index is 0.0124. The zero-order valence-corrected chi connectivity index (χ0v) is 37.5. The molecule has 0 aromatic heterocycles. The van der Waals surface area contributed by atoms with Crippen LogP contribution in [-0.2, 0) is 9.59 Å². The molecule has 6 N–H and O–H groups in total. The highest BCUT2D eigenvalue weighted by atomic mass is 16.2. The van der Waals surface area contributed by atoms with Crippen molar-refractivity contribution in [2.75, 3.05) is 11.1 Å². The standard InChI is InChI=1S/C53H60N8O2/c1-34-27-44(36(3)26-42(34)54)58-49-31-39(6)47(33-51(49)57-41-22-16-13-17-23-41)61-53(63)25-19-11-9-7-8-10-18-24-52(62)60-46-30-37(4)45(29-38(46)5)59-48-28-35(2)43(55)32-50(48)56-40-20-14-12-15-21-40/h12-17,20-23,26-33H,7-11,18-19,24-25,54-55H2,1-6H3,(H,60,62)(H,61,63)/b56-50+,57-51+,58-49-,59-48-. The Hall–Kier alpha value is -6.94. The molecule has 63 heavy (non-hydrogen) atoms. The summed E-state index contributed by atoms with van der Waals surface area (Å²) in [6, 6.07) is 27.4. The number of aryl methyl sites for hydroxylation is 4. The van der Waals surface area contributed by atoms with Crippen molar-refractivity contribution in [3.8, 4) is 0 Å². The van der Waals surface area contributed by atoms with Gasteiger partial charge in [0.25, 0.3) is 0 Å². The average molecular weight is 841 g/mol. The molecule has 0 bridgehead atoms. The third-order valence-electron chi connectivity index (χ3n) is 11.2. The maximum atomic E-state index is 13.1. The van der Waals surface area contributed by atoms with Crippen molar-refractivity contribution >= 4 is 68.8 Å². The van der Waals surface area contributed by atoms with Gasteiger partial charge in [-0.3, -0.25) is 9.59 Å². The SMILES string of the molecule is CC1=CC(=N/c2cc(C)c(NC(=O)CCCCCCCCCC(=O)NC3=CC(=N\c4ccccc4)/C(=N\c4cc(C)c(N)cc4C)C=C3C)cc2C)/C(=N/c2ccccc2)C=C1N. The average Bonchev–Trinajstić information content (AvgIpc) is 3.25. The molecule has 10 heteroatoms. The van der Waals surface area contributed by atoms with E-state index < -0.39 is 0 Å². The van der Waals surface area contributed by atoms with Crippen molar-refractivity contribution in [1.82, 2.24) is 5.32 Å². The zero-order chi connectivity index (χ0) is 44.9. The van der Waals surface area contributed by atoms with Crippen molar-refractivity contribution in [3.63, 3.8) is 0 Å². The van der Waals surface area contributed by atoms with E-state index in [-0.39, 0.29) is 11.8 Å². The van der Waals surface area contributed by atoms with Gasteiger partial charge in [0.05, 0.1) is 45.6 Å². The van der Waals surface area contributed by atoms with E-state index in [1.165, 1.54) is 0 Å². The van der Waals surface area contributed by atoms with Crippen LogP contribution in [0, 0.1) is 27.7 Å². The minimum atomic E-state index is -0.0141. The number of rotatable bonds is 16. The molecule has 6 rings (SSSR count). The molecule has 0 radical (unpaired) electrons. The summed E-state index contributed by atoms with van der Waals surface area (Å²) >= 11 is 0. The number of nitrogens with two attached hydrogens (primary N) is 2. The molecule has 0 unspecified atom stereocenters. The number of nitrogens with zero attached hydrogens (tertiary/aromatic N) is 4. The fourth-order valence-electron chi connectivity index (χ4n) is 7.29. The second-order valence-corrected chi connectivity index (χ2v) is 16.5. The number of para-hydroxylation sites is 2. The van der Waals surface area contributed by atoms with Crippen molar-refractivity contribution in [2.45, 2.75) is 99.3 Å². The van der Waals surface area contributed by atoms with Crippen molar-refractivity contribution in [3.05, 3.63) is 154 Å². The Kier molecular flexibility index (Phi) is 15.7. The molecule has 0 heterocycles. The van der Waals surface area contributed by atoms with Gasteiger partial charge in [-0.25, -0.2) is 20.0 Å². The number of allylic oxidation sites excluding steroid dienone is 6. The highest BCUT2D eigenvalue weighted by Gasteiger charge is 2.19. The third kappa shape index (κ3) is 13.0. The van der Waals surface area contributed by atoms with Gasteiger partial charge in [0.1, 0.15) is 0 Å². The van der Waals surface area contributed by atoms with Crippen LogP contribution < -0.4 is 22.1 Å². The van der Waals surface area contributed by atoms with Crippen molar-refractivity contribution in [2.24, 2.45) is 25.7 Å². The van der Waals surface area contributed by atoms with Crippen LogP contribution in [0.4, 0.5) is 34.1 Å². The lowest BCUT2D eigenvalue weighted by Gasteiger charge is -2.18. The van der Waals surface area contributed by atoms with Gasteiger partial charge >= 0.3 is 0 Å². The molecule has 2 aliphatic rings. The van der Waals surface area contributed by atoms with Gasteiger partial charge in [-0.1, -0.05) is 68.5 Å². The number of amides is 2. The third-order valence-corrected chi connectivity index (χ3v) is 11.2. The number of benzene rings is 4. The Morgan fingerprint density at radius 3 is 1.51 bits per heavy atom. The molecular weight excluding hydrogens is 781 g/mol.